The molecule has 0 saturated carbocycles. The van der Waals surface area contributed by atoms with E-state index in [1.54, 1.807) is 11.0 Å². The second kappa shape index (κ2) is 7.79. The van der Waals surface area contributed by atoms with Gasteiger partial charge in [0.15, 0.2) is 0 Å². The van der Waals surface area contributed by atoms with Crippen LogP contribution in [0.3, 0.4) is 0 Å². The molecule has 6 heteroatoms. The third-order valence-electron chi connectivity index (χ3n) is 4.85. The highest BCUT2D eigenvalue weighted by Gasteiger charge is 2.33. The predicted octanol–water partition coefficient (Wildman–Crippen LogP) is 3.04. The smallest absolute Gasteiger partial charge is 0.225 e. The molecule has 2 aromatic carbocycles. The highest BCUT2D eigenvalue weighted by Crippen LogP contribution is 2.31. The van der Waals surface area contributed by atoms with Crippen molar-refractivity contribution in [3.63, 3.8) is 0 Å². The van der Waals surface area contributed by atoms with Crippen LogP contribution >= 0.6 is 11.6 Å². The summed E-state index contributed by atoms with van der Waals surface area (Å²) in [6.07, 6.45) is 1.15. The fourth-order valence-electron chi connectivity index (χ4n) is 3.32. The molecule has 1 amide bonds. The molecule has 3 rings (SSSR count). The monoisotopic (exact) mass is 371 g/mol. The van der Waals surface area contributed by atoms with Crippen molar-refractivity contribution in [2.24, 2.45) is 0 Å². The number of hydrogen-bond donors (Lipinski definition) is 1. The largest absolute Gasteiger partial charge is 0.398 e. The summed E-state index contributed by atoms with van der Waals surface area (Å²) < 4.78 is 0. The van der Waals surface area contributed by atoms with Gasteiger partial charge >= 0.3 is 0 Å². The molecule has 0 aromatic heterocycles. The maximum absolute atomic E-state index is 12.2. The van der Waals surface area contributed by atoms with E-state index >= 15 is 0 Å². The van der Waals surface area contributed by atoms with Crippen molar-refractivity contribution in [3.05, 3.63) is 58.6 Å². The van der Waals surface area contributed by atoms with Crippen molar-refractivity contribution >= 4 is 35.2 Å². The van der Waals surface area contributed by atoms with Gasteiger partial charge < -0.3 is 20.3 Å². The molecule has 2 N–H and O–H groups in total. The van der Waals surface area contributed by atoms with E-state index in [1.807, 2.05) is 24.3 Å². The Morgan fingerprint density at radius 1 is 1.31 bits per heavy atom. The van der Waals surface area contributed by atoms with E-state index in [0.717, 1.165) is 12.0 Å². The van der Waals surface area contributed by atoms with Crippen LogP contribution in [0.5, 0.6) is 0 Å². The Morgan fingerprint density at radius 3 is 2.77 bits per heavy atom. The Balaban J connectivity index is 1.93. The number of benzene rings is 2. The standard InChI is InChI=1S/C20H22ClN3O2/c1-14-4-2-3-5-15(14)12-24(16-6-7-19(22)18(21)10-16)17-11-20(26)23(13-17)8-9-25/h2-7,9-10,17H,8,11-13,22H2,1H3/t17-/m0/s1. The minimum Gasteiger partial charge on any atom is -0.398 e. The summed E-state index contributed by atoms with van der Waals surface area (Å²) in [6, 6.07) is 13.7. The third kappa shape index (κ3) is 3.83. The van der Waals surface area contributed by atoms with Crippen LogP contribution < -0.4 is 10.6 Å². The van der Waals surface area contributed by atoms with Crippen LogP contribution in [-0.4, -0.2) is 36.2 Å². The number of nitrogen functional groups attached to an aromatic ring is 1. The van der Waals surface area contributed by atoms with Gasteiger partial charge in [0.05, 0.1) is 23.3 Å². The fourth-order valence-corrected chi connectivity index (χ4v) is 3.50. The van der Waals surface area contributed by atoms with Crippen molar-refractivity contribution in [1.29, 1.82) is 0 Å². The van der Waals surface area contributed by atoms with Crippen LogP contribution in [-0.2, 0) is 16.1 Å². The Hall–Kier alpha value is -2.53. The fraction of sp³-hybridized carbons (Fsp3) is 0.300. The molecule has 1 saturated heterocycles. The number of aldehydes is 1. The zero-order valence-corrected chi connectivity index (χ0v) is 15.4. The van der Waals surface area contributed by atoms with E-state index in [-0.39, 0.29) is 18.5 Å². The van der Waals surface area contributed by atoms with Crippen LogP contribution in [0.4, 0.5) is 11.4 Å². The molecule has 1 atom stereocenters. The van der Waals surface area contributed by atoms with Crippen molar-refractivity contribution in [1.82, 2.24) is 4.90 Å². The average Bonchev–Trinajstić information content (AvgIpc) is 2.98. The Morgan fingerprint density at radius 2 is 2.08 bits per heavy atom. The molecule has 1 aliphatic rings. The lowest BCUT2D eigenvalue weighted by Crippen LogP contribution is -2.38. The Labute approximate surface area is 158 Å². The van der Waals surface area contributed by atoms with Crippen LogP contribution in [0.2, 0.25) is 5.02 Å². The maximum Gasteiger partial charge on any atom is 0.225 e. The molecule has 1 aliphatic heterocycles. The summed E-state index contributed by atoms with van der Waals surface area (Å²) in [5.74, 6) is -0.00146. The molecule has 0 spiro atoms. The summed E-state index contributed by atoms with van der Waals surface area (Å²) >= 11 is 6.23. The first-order valence-corrected chi connectivity index (χ1v) is 8.95. The molecule has 5 nitrogen and oxygen atoms in total. The molecule has 26 heavy (non-hydrogen) atoms. The number of carbonyl (C=O) groups is 2. The van der Waals surface area contributed by atoms with Gasteiger partial charge in [0.1, 0.15) is 6.29 Å². The van der Waals surface area contributed by atoms with Gasteiger partial charge in [0, 0.05) is 25.2 Å². The molecule has 1 heterocycles. The van der Waals surface area contributed by atoms with Gasteiger partial charge in [0.2, 0.25) is 5.91 Å². The zero-order chi connectivity index (χ0) is 18.7. The summed E-state index contributed by atoms with van der Waals surface area (Å²) in [5.41, 5.74) is 9.66. The zero-order valence-electron chi connectivity index (χ0n) is 14.7. The van der Waals surface area contributed by atoms with Crippen LogP contribution in [0.25, 0.3) is 0 Å². The molecular formula is C20H22ClN3O2. The number of aryl methyl sites for hydroxylation is 1. The molecule has 0 unspecified atom stereocenters. The second-order valence-corrected chi connectivity index (χ2v) is 6.99. The van der Waals surface area contributed by atoms with Gasteiger partial charge in [-0.05, 0) is 36.2 Å². The lowest BCUT2D eigenvalue weighted by Gasteiger charge is -2.31. The number of amides is 1. The molecule has 136 valence electrons. The minimum absolute atomic E-state index is 0.00146. The lowest BCUT2D eigenvalue weighted by molar-refractivity contribution is -0.129. The van der Waals surface area contributed by atoms with Gasteiger partial charge in [0.25, 0.3) is 0 Å². The summed E-state index contributed by atoms with van der Waals surface area (Å²) in [7, 11) is 0. The highest BCUT2D eigenvalue weighted by atomic mass is 35.5. The summed E-state index contributed by atoms with van der Waals surface area (Å²) in [5, 5.41) is 0.492. The number of carbonyl (C=O) groups excluding carboxylic acids is 2. The topological polar surface area (TPSA) is 66.6 Å². The first kappa shape index (κ1) is 18.3. The van der Waals surface area contributed by atoms with E-state index in [1.165, 1.54) is 11.1 Å². The van der Waals surface area contributed by atoms with Gasteiger partial charge in [-0.1, -0.05) is 35.9 Å². The quantitative estimate of drug-likeness (QED) is 0.626. The van der Waals surface area contributed by atoms with Crippen LogP contribution in [0.15, 0.2) is 42.5 Å². The normalized spacial score (nSPS) is 16.8. The molecule has 0 bridgehead atoms. The average molecular weight is 372 g/mol. The van der Waals surface area contributed by atoms with Gasteiger partial charge in [-0.3, -0.25) is 4.79 Å². The van der Waals surface area contributed by atoms with Gasteiger partial charge in [-0.25, -0.2) is 0 Å². The van der Waals surface area contributed by atoms with Crippen LogP contribution in [0.1, 0.15) is 17.5 Å². The number of likely N-dealkylation sites (tertiary alicyclic amines) is 1. The van der Waals surface area contributed by atoms with E-state index in [0.29, 0.717) is 30.2 Å². The van der Waals surface area contributed by atoms with Gasteiger partial charge in [-0.15, -0.1) is 0 Å². The van der Waals surface area contributed by atoms with Crippen LogP contribution in [0, 0.1) is 6.92 Å². The van der Waals surface area contributed by atoms with Crippen molar-refractivity contribution in [2.75, 3.05) is 23.7 Å². The number of nitrogens with zero attached hydrogens (tertiary/aromatic N) is 2. The Bertz CT molecular complexity index is 824. The number of rotatable bonds is 6. The number of nitrogens with two attached hydrogens (primary N) is 1. The lowest BCUT2D eigenvalue weighted by atomic mass is 10.1. The molecule has 2 aromatic rings. The molecule has 1 fully saturated rings. The Kier molecular flexibility index (Phi) is 5.47. The van der Waals surface area contributed by atoms with E-state index in [9.17, 15) is 9.59 Å². The first-order valence-electron chi connectivity index (χ1n) is 8.57. The van der Waals surface area contributed by atoms with Crippen molar-refractivity contribution < 1.29 is 9.59 Å². The molecule has 0 radical (unpaired) electrons. The molecule has 0 aliphatic carbocycles. The van der Waals surface area contributed by atoms with Crippen molar-refractivity contribution in [3.8, 4) is 0 Å². The number of anilines is 2. The van der Waals surface area contributed by atoms with E-state index < -0.39 is 0 Å². The van der Waals surface area contributed by atoms with E-state index in [2.05, 4.69) is 24.0 Å². The SMILES string of the molecule is Cc1ccccc1CN(c1ccc(N)c(Cl)c1)[C@H]1CC(=O)N(CC=O)C1. The number of hydrogen-bond acceptors (Lipinski definition) is 4. The first-order chi connectivity index (χ1) is 12.5. The number of halogens is 1. The second-order valence-electron chi connectivity index (χ2n) is 6.58. The maximum atomic E-state index is 12.2. The van der Waals surface area contributed by atoms with Gasteiger partial charge in [-0.2, -0.15) is 0 Å². The third-order valence-corrected chi connectivity index (χ3v) is 5.17. The summed E-state index contributed by atoms with van der Waals surface area (Å²) in [6.45, 7) is 3.38. The summed E-state index contributed by atoms with van der Waals surface area (Å²) in [4.78, 5) is 26.9. The minimum atomic E-state index is -0.0262. The molecular weight excluding hydrogens is 350 g/mol. The van der Waals surface area contributed by atoms with Crippen molar-refractivity contribution in [2.45, 2.75) is 25.9 Å². The predicted molar refractivity (Wildman–Crippen MR) is 104 cm³/mol. The highest BCUT2D eigenvalue weighted by molar-refractivity contribution is 6.33. The van der Waals surface area contributed by atoms with E-state index in [4.69, 9.17) is 17.3 Å².